The van der Waals surface area contributed by atoms with Gasteiger partial charge in [0.2, 0.25) is 0 Å². The second kappa shape index (κ2) is 35.5. The fourth-order valence-electron chi connectivity index (χ4n) is 6.91. The third kappa shape index (κ3) is 37.9. The van der Waals surface area contributed by atoms with Gasteiger partial charge in [0.05, 0.1) is 6.42 Å². The Balaban J connectivity index is 4.55. The molecule has 0 aliphatic rings. The molecular formula is C46H87N3O4. The second-order valence-electron chi connectivity index (χ2n) is 17.1. The number of ether oxygens (including phenoxy) is 1. The minimum atomic E-state index is -0.0942. The quantitative estimate of drug-likeness (QED) is 0.0207. The number of allylic oxidation sites excluding steroid dienone is 2. The molecule has 0 aromatic rings. The lowest BCUT2D eigenvalue weighted by Gasteiger charge is -2.35. The van der Waals surface area contributed by atoms with Gasteiger partial charge in [-0.05, 0) is 134 Å². The van der Waals surface area contributed by atoms with Gasteiger partial charge in [-0.2, -0.15) is 0 Å². The van der Waals surface area contributed by atoms with Gasteiger partial charge in [0.15, 0.2) is 0 Å². The van der Waals surface area contributed by atoms with Crippen molar-refractivity contribution in [1.29, 1.82) is 0 Å². The van der Waals surface area contributed by atoms with Crippen LogP contribution in [0.3, 0.4) is 0 Å². The summed E-state index contributed by atoms with van der Waals surface area (Å²) in [5.74, 6) is -0.0338. The zero-order chi connectivity index (χ0) is 39.3. The van der Waals surface area contributed by atoms with Crippen LogP contribution in [0.5, 0.6) is 0 Å². The highest BCUT2D eigenvalue weighted by Crippen LogP contribution is 2.39. The molecule has 0 amide bonds. The summed E-state index contributed by atoms with van der Waals surface area (Å²) in [4.78, 5) is 26.2. The molecule has 0 aliphatic heterocycles. The second-order valence-corrected chi connectivity index (χ2v) is 17.1. The SMILES string of the molecule is CCCCCC/C=C\CO/N=C/CCCCCCC(CCCCCC/C=N/OC/C=C\CCCCCC)OC(=O)CC(C)(C)CC(C)(C)CCN(C)C. The van der Waals surface area contributed by atoms with E-state index in [1.807, 2.05) is 12.4 Å². The minimum Gasteiger partial charge on any atom is -0.462 e. The fraction of sp³-hybridized carbons (Fsp3) is 0.848. The van der Waals surface area contributed by atoms with Crippen molar-refractivity contribution >= 4 is 18.4 Å². The molecule has 0 N–H and O–H groups in total. The van der Waals surface area contributed by atoms with E-state index >= 15 is 0 Å². The van der Waals surface area contributed by atoms with Crippen molar-refractivity contribution in [2.45, 2.75) is 208 Å². The lowest BCUT2D eigenvalue weighted by atomic mass is 9.72. The highest BCUT2D eigenvalue weighted by Gasteiger charge is 2.32. The molecule has 310 valence electrons. The molecule has 0 aromatic heterocycles. The number of hydrogen-bond donors (Lipinski definition) is 0. The lowest BCUT2D eigenvalue weighted by Crippen LogP contribution is -2.30. The Labute approximate surface area is 329 Å². The summed E-state index contributed by atoms with van der Waals surface area (Å²) in [6.45, 7) is 15.7. The van der Waals surface area contributed by atoms with E-state index in [9.17, 15) is 4.79 Å². The summed E-state index contributed by atoms with van der Waals surface area (Å²) >= 11 is 0. The first-order chi connectivity index (χ1) is 25.5. The topological polar surface area (TPSA) is 72.7 Å². The number of carbonyl (C=O) groups excluding carboxylic acids is 1. The van der Waals surface area contributed by atoms with E-state index in [4.69, 9.17) is 14.4 Å². The van der Waals surface area contributed by atoms with E-state index in [1.54, 1.807) is 0 Å². The fourth-order valence-corrected chi connectivity index (χ4v) is 6.91. The lowest BCUT2D eigenvalue weighted by molar-refractivity contribution is -0.152. The summed E-state index contributed by atoms with van der Waals surface area (Å²) < 4.78 is 6.21. The molecule has 53 heavy (non-hydrogen) atoms. The van der Waals surface area contributed by atoms with E-state index < -0.39 is 0 Å². The number of oxime groups is 2. The Hall–Kier alpha value is -2.15. The largest absolute Gasteiger partial charge is 0.462 e. The molecular weight excluding hydrogens is 659 g/mol. The van der Waals surface area contributed by atoms with Crippen molar-refractivity contribution in [2.24, 2.45) is 21.1 Å². The number of carbonyl (C=O) groups is 1. The Morgan fingerprint density at radius 2 is 1.06 bits per heavy atom. The number of hydrogen-bond acceptors (Lipinski definition) is 7. The van der Waals surface area contributed by atoms with Gasteiger partial charge in [0, 0.05) is 12.4 Å². The standard InChI is InChI=1S/C46H87N3O4/c1-9-11-13-15-17-25-31-39-51-47-36-29-23-19-21-27-33-43(53-44(50)41-46(5,6)42-45(3,4)35-38-49(7)8)34-28-22-20-24-30-37-48-52-40-32-26-18-16-14-12-10-2/h25-26,31-32,36-37,43H,9-24,27-30,33-35,38-42H2,1-8H3/b31-25-,32-26-,47-36+,48-37+. The van der Waals surface area contributed by atoms with E-state index in [0.29, 0.717) is 19.6 Å². The van der Waals surface area contributed by atoms with Gasteiger partial charge in [-0.1, -0.05) is 128 Å². The van der Waals surface area contributed by atoms with Gasteiger partial charge in [-0.15, -0.1) is 0 Å². The third-order valence-corrected chi connectivity index (χ3v) is 9.75. The van der Waals surface area contributed by atoms with Gasteiger partial charge in [-0.3, -0.25) is 4.79 Å². The van der Waals surface area contributed by atoms with Gasteiger partial charge in [0.25, 0.3) is 0 Å². The van der Waals surface area contributed by atoms with Crippen molar-refractivity contribution in [3.8, 4) is 0 Å². The number of esters is 1. The maximum absolute atomic E-state index is 13.3. The predicted molar refractivity (Wildman–Crippen MR) is 230 cm³/mol. The molecule has 0 fully saturated rings. The van der Waals surface area contributed by atoms with Crippen molar-refractivity contribution < 1.29 is 19.2 Å². The van der Waals surface area contributed by atoms with Crippen LogP contribution in [0, 0.1) is 10.8 Å². The molecule has 0 saturated carbocycles. The highest BCUT2D eigenvalue weighted by molar-refractivity contribution is 5.70. The van der Waals surface area contributed by atoms with Crippen molar-refractivity contribution in [2.75, 3.05) is 33.9 Å². The first kappa shape index (κ1) is 50.9. The predicted octanol–water partition coefficient (Wildman–Crippen LogP) is 13.4. The molecule has 7 nitrogen and oxygen atoms in total. The van der Waals surface area contributed by atoms with Crippen LogP contribution in [-0.4, -0.2) is 63.3 Å². The van der Waals surface area contributed by atoms with Crippen LogP contribution in [0.4, 0.5) is 0 Å². The molecule has 0 bridgehead atoms. The van der Waals surface area contributed by atoms with E-state index in [1.165, 1.54) is 51.4 Å². The first-order valence-electron chi connectivity index (χ1n) is 21.9. The zero-order valence-electron chi connectivity index (χ0n) is 36.3. The van der Waals surface area contributed by atoms with Crippen molar-refractivity contribution in [3.05, 3.63) is 24.3 Å². The van der Waals surface area contributed by atoms with Gasteiger partial charge in [-0.25, -0.2) is 0 Å². The van der Waals surface area contributed by atoms with Crippen LogP contribution in [0.15, 0.2) is 34.6 Å². The maximum atomic E-state index is 13.3. The Morgan fingerprint density at radius 1 is 0.604 bits per heavy atom. The molecule has 0 atom stereocenters. The van der Waals surface area contributed by atoms with E-state index in [2.05, 4.69) is 95.2 Å². The molecule has 0 heterocycles. The number of unbranched alkanes of at least 4 members (excludes halogenated alkanes) is 16. The maximum Gasteiger partial charge on any atom is 0.306 e. The van der Waals surface area contributed by atoms with Crippen LogP contribution in [0.2, 0.25) is 0 Å². The summed E-state index contributed by atoms with van der Waals surface area (Å²) in [5.41, 5.74) is 0.0827. The Morgan fingerprint density at radius 3 is 1.53 bits per heavy atom. The van der Waals surface area contributed by atoms with E-state index in [0.717, 1.165) is 109 Å². The van der Waals surface area contributed by atoms with Gasteiger partial charge in [0.1, 0.15) is 19.3 Å². The van der Waals surface area contributed by atoms with Crippen LogP contribution >= 0.6 is 0 Å². The van der Waals surface area contributed by atoms with Crippen LogP contribution < -0.4 is 0 Å². The molecule has 0 aromatic carbocycles. The number of rotatable bonds is 38. The normalized spacial score (nSPS) is 12.9. The molecule has 0 radical (unpaired) electrons. The van der Waals surface area contributed by atoms with Gasteiger partial charge >= 0.3 is 5.97 Å². The smallest absolute Gasteiger partial charge is 0.306 e. The average Bonchev–Trinajstić information content (AvgIpc) is 3.09. The first-order valence-corrected chi connectivity index (χ1v) is 21.9. The van der Waals surface area contributed by atoms with Crippen LogP contribution in [0.1, 0.15) is 202 Å². The molecule has 0 spiro atoms. The Bertz CT molecular complexity index is 893. The van der Waals surface area contributed by atoms with Crippen molar-refractivity contribution in [3.63, 3.8) is 0 Å². The summed E-state index contributed by atoms with van der Waals surface area (Å²) in [6.07, 6.45) is 40.3. The summed E-state index contributed by atoms with van der Waals surface area (Å²) in [6, 6.07) is 0. The minimum absolute atomic E-state index is 0.00405. The Kier molecular flexibility index (Phi) is 34.1. The van der Waals surface area contributed by atoms with E-state index in [-0.39, 0.29) is 22.9 Å². The summed E-state index contributed by atoms with van der Waals surface area (Å²) in [5, 5.41) is 8.21. The van der Waals surface area contributed by atoms with Crippen molar-refractivity contribution in [1.82, 2.24) is 4.90 Å². The monoisotopic (exact) mass is 746 g/mol. The molecule has 0 rings (SSSR count). The molecule has 0 saturated heterocycles. The highest BCUT2D eigenvalue weighted by atomic mass is 16.6. The van der Waals surface area contributed by atoms with Crippen LogP contribution in [-0.2, 0) is 19.2 Å². The number of nitrogens with zero attached hydrogens (tertiary/aromatic N) is 3. The molecule has 0 unspecified atom stereocenters. The van der Waals surface area contributed by atoms with Crippen LogP contribution in [0.25, 0.3) is 0 Å². The summed E-state index contributed by atoms with van der Waals surface area (Å²) in [7, 11) is 4.25. The zero-order valence-corrected chi connectivity index (χ0v) is 36.3. The average molecular weight is 746 g/mol. The molecule has 7 heteroatoms. The van der Waals surface area contributed by atoms with Gasteiger partial charge < -0.3 is 19.3 Å². The third-order valence-electron chi connectivity index (χ3n) is 9.75. The molecule has 0 aliphatic carbocycles.